The summed E-state index contributed by atoms with van der Waals surface area (Å²) in [6.07, 6.45) is 1.14. The number of ketones is 1. The van der Waals surface area contributed by atoms with Gasteiger partial charge in [-0.05, 0) is 18.1 Å². The van der Waals surface area contributed by atoms with E-state index >= 15 is 0 Å². The van der Waals surface area contributed by atoms with Gasteiger partial charge in [0, 0.05) is 11.2 Å². The molecule has 0 atom stereocenters. The van der Waals surface area contributed by atoms with Crippen LogP contribution in [0.5, 0.6) is 0 Å². The number of hydrogen-bond donors (Lipinski definition) is 2. The van der Waals surface area contributed by atoms with E-state index in [4.69, 9.17) is 10.0 Å². The van der Waals surface area contributed by atoms with Crippen molar-refractivity contribution in [1.82, 2.24) is 0 Å². The van der Waals surface area contributed by atoms with Gasteiger partial charge in [-0.3, -0.25) is 4.79 Å². The molecule has 3 nitrogen and oxygen atoms in total. The quantitative estimate of drug-likeness (QED) is 0.628. The first-order valence-corrected chi connectivity index (χ1v) is 6.51. The van der Waals surface area contributed by atoms with Crippen LogP contribution in [0.1, 0.15) is 21.7 Å². The summed E-state index contributed by atoms with van der Waals surface area (Å²) in [7, 11) is -1.49. The van der Waals surface area contributed by atoms with Crippen molar-refractivity contribution in [3.8, 4) is 0 Å². The number of thiophene rings is 1. The molecule has 0 saturated carbocycles. The first-order chi connectivity index (χ1) is 8.66. The molecule has 0 fully saturated rings. The van der Waals surface area contributed by atoms with E-state index in [0.717, 1.165) is 16.9 Å². The van der Waals surface area contributed by atoms with Crippen LogP contribution in [0.25, 0.3) is 0 Å². The molecular weight excluding hydrogens is 247 g/mol. The van der Waals surface area contributed by atoms with Gasteiger partial charge in [0.2, 0.25) is 0 Å². The van der Waals surface area contributed by atoms with Gasteiger partial charge in [0.15, 0.2) is 5.78 Å². The standard InChI is InChI=1S/C13H13BO3S/c15-11(7-6-10-4-2-1-3-5-10)12-8-9-13(18-12)14(16)17/h1-5,8-9,16-17H,6-7H2. The number of benzene rings is 1. The minimum atomic E-state index is -1.49. The predicted octanol–water partition coefficient (Wildman–Crippen LogP) is 1.24. The zero-order chi connectivity index (χ0) is 13.0. The van der Waals surface area contributed by atoms with Crippen molar-refractivity contribution in [2.24, 2.45) is 0 Å². The molecular formula is C13H13BO3S. The van der Waals surface area contributed by atoms with Gasteiger partial charge in [-0.15, -0.1) is 11.3 Å². The molecule has 0 aliphatic heterocycles. The summed E-state index contributed by atoms with van der Waals surface area (Å²) in [5.74, 6) is 0.0377. The fourth-order valence-corrected chi connectivity index (χ4v) is 2.51. The predicted molar refractivity (Wildman–Crippen MR) is 73.2 cm³/mol. The number of Topliss-reactive ketones (excluding diaryl/α,β-unsaturated/α-hetero) is 1. The Morgan fingerprint density at radius 1 is 1.11 bits per heavy atom. The Labute approximate surface area is 110 Å². The number of rotatable bonds is 5. The van der Waals surface area contributed by atoms with E-state index in [1.165, 1.54) is 0 Å². The first-order valence-electron chi connectivity index (χ1n) is 5.70. The summed E-state index contributed by atoms with van der Waals surface area (Å²) >= 11 is 1.13. The molecule has 0 aliphatic carbocycles. The van der Waals surface area contributed by atoms with Crippen molar-refractivity contribution in [1.29, 1.82) is 0 Å². The third kappa shape index (κ3) is 3.29. The number of hydrogen-bond acceptors (Lipinski definition) is 4. The molecule has 0 saturated heterocycles. The first kappa shape index (κ1) is 13.0. The minimum Gasteiger partial charge on any atom is -0.423 e. The summed E-state index contributed by atoms with van der Waals surface area (Å²) in [5, 5.41) is 18.0. The molecule has 0 unspecified atom stereocenters. The van der Waals surface area contributed by atoms with E-state index in [-0.39, 0.29) is 5.78 Å². The Morgan fingerprint density at radius 2 is 1.83 bits per heavy atom. The number of carbonyl (C=O) groups excluding carboxylic acids is 1. The average Bonchev–Trinajstić information content (AvgIpc) is 2.87. The lowest BCUT2D eigenvalue weighted by atomic mass is 9.90. The molecule has 1 aromatic carbocycles. The maximum absolute atomic E-state index is 11.9. The van der Waals surface area contributed by atoms with Gasteiger partial charge in [-0.2, -0.15) is 0 Å². The van der Waals surface area contributed by atoms with E-state index in [1.807, 2.05) is 30.3 Å². The van der Waals surface area contributed by atoms with Crippen LogP contribution in [-0.2, 0) is 6.42 Å². The second-order valence-electron chi connectivity index (χ2n) is 3.98. The summed E-state index contributed by atoms with van der Waals surface area (Å²) < 4.78 is 0.401. The van der Waals surface area contributed by atoms with Crippen LogP contribution in [0.3, 0.4) is 0 Å². The van der Waals surface area contributed by atoms with Gasteiger partial charge in [0.1, 0.15) is 0 Å². The molecule has 0 aliphatic rings. The zero-order valence-corrected chi connectivity index (χ0v) is 10.6. The van der Waals surface area contributed by atoms with Crippen LogP contribution in [0, 0.1) is 0 Å². The Morgan fingerprint density at radius 3 is 2.44 bits per heavy atom. The van der Waals surface area contributed by atoms with Crippen molar-refractivity contribution < 1.29 is 14.8 Å². The molecule has 1 heterocycles. The van der Waals surface area contributed by atoms with Crippen LogP contribution >= 0.6 is 11.3 Å². The van der Waals surface area contributed by atoms with Gasteiger partial charge in [-0.25, -0.2) is 0 Å². The van der Waals surface area contributed by atoms with Crippen LogP contribution in [0.4, 0.5) is 0 Å². The lowest BCUT2D eigenvalue weighted by Gasteiger charge is -1.99. The second kappa shape index (κ2) is 5.95. The summed E-state index contributed by atoms with van der Waals surface area (Å²) in [5.41, 5.74) is 1.13. The van der Waals surface area contributed by atoms with E-state index in [1.54, 1.807) is 12.1 Å². The highest BCUT2D eigenvalue weighted by atomic mass is 32.1. The fourth-order valence-electron chi connectivity index (χ4n) is 1.67. The van der Waals surface area contributed by atoms with E-state index in [2.05, 4.69) is 0 Å². The third-order valence-corrected chi connectivity index (χ3v) is 3.81. The van der Waals surface area contributed by atoms with E-state index in [9.17, 15) is 4.79 Å². The molecule has 92 valence electrons. The average molecular weight is 260 g/mol. The Bertz CT molecular complexity index is 522. The molecule has 0 bridgehead atoms. The summed E-state index contributed by atoms with van der Waals surface area (Å²) in [6, 6.07) is 13.0. The fraction of sp³-hybridized carbons (Fsp3) is 0.154. The minimum absolute atomic E-state index is 0.0377. The highest BCUT2D eigenvalue weighted by Crippen LogP contribution is 2.12. The van der Waals surface area contributed by atoms with Crippen molar-refractivity contribution >= 4 is 29.0 Å². The maximum Gasteiger partial charge on any atom is 0.499 e. The van der Waals surface area contributed by atoms with Crippen molar-refractivity contribution in [2.45, 2.75) is 12.8 Å². The Balaban J connectivity index is 1.95. The highest BCUT2D eigenvalue weighted by molar-refractivity contribution is 7.23. The van der Waals surface area contributed by atoms with E-state index < -0.39 is 7.12 Å². The van der Waals surface area contributed by atoms with Gasteiger partial charge < -0.3 is 10.0 Å². The zero-order valence-electron chi connectivity index (χ0n) is 9.74. The molecule has 1 aromatic heterocycles. The number of carbonyl (C=O) groups is 1. The molecule has 2 rings (SSSR count). The highest BCUT2D eigenvalue weighted by Gasteiger charge is 2.16. The summed E-state index contributed by atoms with van der Waals surface area (Å²) in [4.78, 5) is 12.5. The van der Waals surface area contributed by atoms with Gasteiger partial charge in [-0.1, -0.05) is 36.4 Å². The number of aryl methyl sites for hydroxylation is 1. The summed E-state index contributed by atoms with van der Waals surface area (Å²) in [6.45, 7) is 0. The molecule has 0 spiro atoms. The van der Waals surface area contributed by atoms with Crippen molar-refractivity contribution in [2.75, 3.05) is 0 Å². The third-order valence-electron chi connectivity index (χ3n) is 2.64. The lowest BCUT2D eigenvalue weighted by molar-refractivity contribution is 0.0986. The molecule has 2 aromatic rings. The van der Waals surface area contributed by atoms with Crippen molar-refractivity contribution in [3.05, 3.63) is 52.9 Å². The largest absolute Gasteiger partial charge is 0.499 e. The molecule has 0 radical (unpaired) electrons. The van der Waals surface area contributed by atoms with Gasteiger partial charge in [0.25, 0.3) is 0 Å². The molecule has 2 N–H and O–H groups in total. The lowest BCUT2D eigenvalue weighted by Crippen LogP contribution is -2.26. The second-order valence-corrected chi connectivity index (χ2v) is 5.10. The topological polar surface area (TPSA) is 57.5 Å². The molecule has 5 heteroatoms. The maximum atomic E-state index is 11.9. The van der Waals surface area contributed by atoms with Gasteiger partial charge >= 0.3 is 7.12 Å². The van der Waals surface area contributed by atoms with Crippen LogP contribution in [0.15, 0.2) is 42.5 Å². The van der Waals surface area contributed by atoms with Crippen LogP contribution in [-0.4, -0.2) is 22.9 Å². The normalized spacial score (nSPS) is 10.3. The van der Waals surface area contributed by atoms with E-state index in [0.29, 0.717) is 22.5 Å². The Hall–Kier alpha value is -1.43. The Kier molecular flexibility index (Phi) is 4.31. The van der Waals surface area contributed by atoms with Crippen LogP contribution in [0.2, 0.25) is 0 Å². The monoisotopic (exact) mass is 260 g/mol. The molecule has 0 amide bonds. The van der Waals surface area contributed by atoms with Crippen LogP contribution < -0.4 is 4.78 Å². The van der Waals surface area contributed by atoms with Crippen molar-refractivity contribution in [3.63, 3.8) is 0 Å². The SMILES string of the molecule is O=C(CCc1ccccc1)c1ccc(B(O)O)s1. The smallest absolute Gasteiger partial charge is 0.423 e. The molecule has 18 heavy (non-hydrogen) atoms. The van der Waals surface area contributed by atoms with Gasteiger partial charge in [0.05, 0.1) is 4.88 Å².